The highest BCUT2D eigenvalue weighted by molar-refractivity contribution is 5.62. The first-order chi connectivity index (χ1) is 7.81. The number of hydrogen-bond donors (Lipinski definition) is 1. The SMILES string of the molecule is CCNc1ncc(-c2ccccc2F)cn1. The molecule has 0 radical (unpaired) electrons. The van der Waals surface area contributed by atoms with Crippen molar-refractivity contribution in [2.45, 2.75) is 6.92 Å². The van der Waals surface area contributed by atoms with E-state index in [0.29, 0.717) is 17.1 Å². The standard InChI is InChI=1S/C12H12FN3/c1-2-14-12-15-7-9(8-16-12)10-5-3-4-6-11(10)13/h3-8H,2H2,1H3,(H,14,15,16). The van der Waals surface area contributed by atoms with Crippen molar-refractivity contribution in [3.63, 3.8) is 0 Å². The van der Waals surface area contributed by atoms with Crippen LogP contribution in [-0.2, 0) is 0 Å². The molecular formula is C12H12FN3. The van der Waals surface area contributed by atoms with Crippen molar-refractivity contribution in [3.05, 3.63) is 42.5 Å². The Kier molecular flexibility index (Phi) is 3.10. The molecule has 0 saturated carbocycles. The predicted molar refractivity (Wildman–Crippen MR) is 61.6 cm³/mol. The minimum atomic E-state index is -0.262. The Bertz CT molecular complexity index is 468. The summed E-state index contributed by atoms with van der Waals surface area (Å²) in [5, 5.41) is 2.98. The van der Waals surface area contributed by atoms with E-state index in [9.17, 15) is 4.39 Å². The first kappa shape index (κ1) is 10.5. The van der Waals surface area contributed by atoms with Crippen LogP contribution in [0.3, 0.4) is 0 Å². The Morgan fingerprint density at radius 3 is 2.50 bits per heavy atom. The Labute approximate surface area is 93.4 Å². The van der Waals surface area contributed by atoms with Crippen LogP contribution in [-0.4, -0.2) is 16.5 Å². The van der Waals surface area contributed by atoms with Gasteiger partial charge in [0.15, 0.2) is 0 Å². The molecular weight excluding hydrogens is 205 g/mol. The molecule has 0 amide bonds. The summed E-state index contributed by atoms with van der Waals surface area (Å²) in [6, 6.07) is 6.58. The molecule has 0 saturated heterocycles. The minimum Gasteiger partial charge on any atom is -0.355 e. The molecule has 16 heavy (non-hydrogen) atoms. The van der Waals surface area contributed by atoms with Gasteiger partial charge in [-0.2, -0.15) is 0 Å². The van der Waals surface area contributed by atoms with Crippen LogP contribution in [0.25, 0.3) is 11.1 Å². The number of hydrogen-bond acceptors (Lipinski definition) is 3. The van der Waals surface area contributed by atoms with Crippen LogP contribution in [0.15, 0.2) is 36.7 Å². The van der Waals surface area contributed by atoms with E-state index in [0.717, 1.165) is 6.54 Å². The van der Waals surface area contributed by atoms with Crippen molar-refractivity contribution < 1.29 is 4.39 Å². The van der Waals surface area contributed by atoms with Crippen LogP contribution in [0.2, 0.25) is 0 Å². The fourth-order valence-corrected chi connectivity index (χ4v) is 1.41. The number of aromatic nitrogens is 2. The predicted octanol–water partition coefficient (Wildman–Crippen LogP) is 2.71. The molecule has 0 bridgehead atoms. The van der Waals surface area contributed by atoms with Gasteiger partial charge in [0.25, 0.3) is 0 Å². The van der Waals surface area contributed by atoms with E-state index in [2.05, 4.69) is 15.3 Å². The van der Waals surface area contributed by atoms with Gasteiger partial charge in [0, 0.05) is 30.1 Å². The number of nitrogens with zero attached hydrogens (tertiary/aromatic N) is 2. The molecule has 82 valence electrons. The zero-order valence-corrected chi connectivity index (χ0v) is 8.94. The third kappa shape index (κ3) is 2.16. The molecule has 2 rings (SSSR count). The van der Waals surface area contributed by atoms with Crippen LogP contribution >= 0.6 is 0 Å². The van der Waals surface area contributed by atoms with Gasteiger partial charge < -0.3 is 5.32 Å². The van der Waals surface area contributed by atoms with E-state index in [1.165, 1.54) is 6.07 Å². The maximum atomic E-state index is 13.5. The summed E-state index contributed by atoms with van der Waals surface area (Å²) >= 11 is 0. The third-order valence-corrected chi connectivity index (χ3v) is 2.17. The largest absolute Gasteiger partial charge is 0.355 e. The summed E-state index contributed by atoms with van der Waals surface area (Å²) in [6.07, 6.45) is 3.23. The van der Waals surface area contributed by atoms with Crippen molar-refractivity contribution in [2.24, 2.45) is 0 Å². The first-order valence-electron chi connectivity index (χ1n) is 5.12. The third-order valence-electron chi connectivity index (χ3n) is 2.17. The van der Waals surface area contributed by atoms with E-state index in [4.69, 9.17) is 0 Å². The molecule has 0 atom stereocenters. The fraction of sp³-hybridized carbons (Fsp3) is 0.167. The van der Waals surface area contributed by atoms with Crippen LogP contribution in [0.1, 0.15) is 6.92 Å². The minimum absolute atomic E-state index is 0.262. The number of rotatable bonds is 3. The number of benzene rings is 1. The lowest BCUT2D eigenvalue weighted by Crippen LogP contribution is -2.01. The van der Waals surface area contributed by atoms with Crippen molar-refractivity contribution in [1.29, 1.82) is 0 Å². The van der Waals surface area contributed by atoms with Gasteiger partial charge in [-0.1, -0.05) is 18.2 Å². The molecule has 0 aliphatic heterocycles. The summed E-state index contributed by atoms with van der Waals surface area (Å²) in [4.78, 5) is 8.19. The summed E-state index contributed by atoms with van der Waals surface area (Å²) < 4.78 is 13.5. The molecule has 4 heteroatoms. The molecule has 1 aromatic heterocycles. The lowest BCUT2D eigenvalue weighted by molar-refractivity contribution is 0.631. The Morgan fingerprint density at radius 2 is 1.88 bits per heavy atom. The lowest BCUT2D eigenvalue weighted by Gasteiger charge is -2.04. The van der Waals surface area contributed by atoms with Crippen LogP contribution in [0.4, 0.5) is 10.3 Å². The smallest absolute Gasteiger partial charge is 0.222 e. The normalized spacial score (nSPS) is 10.1. The quantitative estimate of drug-likeness (QED) is 0.859. The Balaban J connectivity index is 2.31. The van der Waals surface area contributed by atoms with Crippen LogP contribution in [0, 0.1) is 5.82 Å². The maximum absolute atomic E-state index is 13.5. The first-order valence-corrected chi connectivity index (χ1v) is 5.12. The molecule has 1 heterocycles. The molecule has 0 unspecified atom stereocenters. The molecule has 0 aliphatic rings. The number of anilines is 1. The fourth-order valence-electron chi connectivity index (χ4n) is 1.41. The maximum Gasteiger partial charge on any atom is 0.222 e. The summed E-state index contributed by atoms with van der Waals surface area (Å²) in [5.41, 5.74) is 1.20. The monoisotopic (exact) mass is 217 g/mol. The molecule has 0 fully saturated rings. The zero-order valence-electron chi connectivity index (χ0n) is 8.94. The van der Waals surface area contributed by atoms with Gasteiger partial charge in [-0.25, -0.2) is 14.4 Å². The summed E-state index contributed by atoms with van der Waals surface area (Å²) in [6.45, 7) is 2.73. The zero-order chi connectivity index (χ0) is 11.4. The van der Waals surface area contributed by atoms with E-state index >= 15 is 0 Å². The van der Waals surface area contributed by atoms with Crippen molar-refractivity contribution in [2.75, 3.05) is 11.9 Å². The highest BCUT2D eigenvalue weighted by Crippen LogP contribution is 2.20. The second-order valence-electron chi connectivity index (χ2n) is 3.31. The van der Waals surface area contributed by atoms with Crippen LogP contribution < -0.4 is 5.32 Å². The van der Waals surface area contributed by atoms with Gasteiger partial charge in [0.2, 0.25) is 5.95 Å². The summed E-state index contributed by atoms with van der Waals surface area (Å²) in [7, 11) is 0. The van der Waals surface area contributed by atoms with Gasteiger partial charge in [-0.05, 0) is 13.0 Å². The Hall–Kier alpha value is -1.97. The summed E-state index contributed by atoms with van der Waals surface area (Å²) in [5.74, 6) is 0.296. The number of nitrogens with one attached hydrogen (secondary N) is 1. The highest BCUT2D eigenvalue weighted by Gasteiger charge is 2.04. The van der Waals surface area contributed by atoms with Crippen molar-refractivity contribution >= 4 is 5.95 Å². The molecule has 2 aromatic rings. The van der Waals surface area contributed by atoms with Gasteiger partial charge in [-0.15, -0.1) is 0 Å². The van der Waals surface area contributed by atoms with Gasteiger partial charge in [-0.3, -0.25) is 0 Å². The van der Waals surface area contributed by atoms with Crippen molar-refractivity contribution in [3.8, 4) is 11.1 Å². The van der Waals surface area contributed by atoms with E-state index < -0.39 is 0 Å². The molecule has 3 nitrogen and oxygen atoms in total. The van der Waals surface area contributed by atoms with Gasteiger partial charge in [0.05, 0.1) is 0 Å². The topological polar surface area (TPSA) is 37.8 Å². The Morgan fingerprint density at radius 1 is 1.19 bits per heavy atom. The average Bonchev–Trinajstić information content (AvgIpc) is 2.31. The lowest BCUT2D eigenvalue weighted by atomic mass is 10.1. The van der Waals surface area contributed by atoms with Gasteiger partial charge in [0.1, 0.15) is 5.82 Å². The highest BCUT2D eigenvalue weighted by atomic mass is 19.1. The molecule has 0 spiro atoms. The molecule has 1 N–H and O–H groups in total. The second kappa shape index (κ2) is 4.70. The van der Waals surface area contributed by atoms with E-state index in [-0.39, 0.29) is 5.82 Å². The van der Waals surface area contributed by atoms with E-state index in [1.54, 1.807) is 30.6 Å². The molecule has 1 aromatic carbocycles. The van der Waals surface area contributed by atoms with E-state index in [1.807, 2.05) is 6.92 Å². The van der Waals surface area contributed by atoms with Crippen molar-refractivity contribution in [1.82, 2.24) is 9.97 Å². The number of halogens is 1. The molecule has 0 aliphatic carbocycles. The second-order valence-corrected chi connectivity index (χ2v) is 3.31. The average molecular weight is 217 g/mol. The van der Waals surface area contributed by atoms with Crippen LogP contribution in [0.5, 0.6) is 0 Å². The van der Waals surface area contributed by atoms with Gasteiger partial charge >= 0.3 is 0 Å².